The van der Waals surface area contributed by atoms with E-state index in [0.717, 1.165) is 35.8 Å². The third kappa shape index (κ3) is 6.27. The lowest BCUT2D eigenvalue weighted by atomic mass is 10.1. The fraction of sp³-hybridized carbons (Fsp3) is 0.435. The number of hydrogen-bond acceptors (Lipinski definition) is 4. The van der Waals surface area contributed by atoms with Crippen LogP contribution in [0.3, 0.4) is 0 Å². The molecular formula is C23H30FN3O3S. The van der Waals surface area contributed by atoms with Crippen LogP contribution in [0.1, 0.15) is 37.3 Å². The number of amides is 1. The van der Waals surface area contributed by atoms with E-state index < -0.39 is 27.8 Å². The van der Waals surface area contributed by atoms with E-state index in [-0.39, 0.29) is 12.2 Å². The zero-order valence-electron chi connectivity index (χ0n) is 18.1. The van der Waals surface area contributed by atoms with Gasteiger partial charge in [-0.25, -0.2) is 12.8 Å². The summed E-state index contributed by atoms with van der Waals surface area (Å²) in [6.07, 6.45) is 4.77. The Morgan fingerprint density at radius 2 is 1.68 bits per heavy atom. The van der Waals surface area contributed by atoms with Crippen LogP contribution >= 0.6 is 0 Å². The van der Waals surface area contributed by atoms with E-state index in [2.05, 4.69) is 22.3 Å². The molecule has 1 atom stereocenters. The number of nitrogens with zero attached hydrogens (tertiary/aromatic N) is 2. The predicted molar refractivity (Wildman–Crippen MR) is 121 cm³/mol. The molecule has 0 saturated carbocycles. The summed E-state index contributed by atoms with van der Waals surface area (Å²) in [7, 11) is -3.86. The van der Waals surface area contributed by atoms with Crippen LogP contribution in [0.15, 0.2) is 48.5 Å². The zero-order chi connectivity index (χ0) is 22.4. The molecule has 168 valence electrons. The van der Waals surface area contributed by atoms with Gasteiger partial charge in [-0.1, -0.05) is 42.8 Å². The summed E-state index contributed by atoms with van der Waals surface area (Å²) in [5, 5.41) is 2.76. The minimum Gasteiger partial charge on any atom is -0.350 e. The molecule has 8 heteroatoms. The van der Waals surface area contributed by atoms with Crippen LogP contribution in [0.4, 0.5) is 10.1 Å². The molecular weight excluding hydrogens is 417 g/mol. The number of benzene rings is 2. The average Bonchev–Trinajstić information content (AvgIpc) is 2.74. The molecule has 1 saturated heterocycles. The van der Waals surface area contributed by atoms with Gasteiger partial charge in [-0.15, -0.1) is 0 Å². The summed E-state index contributed by atoms with van der Waals surface area (Å²) in [5.41, 5.74) is 2.00. The maximum absolute atomic E-state index is 14.2. The lowest BCUT2D eigenvalue weighted by Crippen LogP contribution is -2.48. The van der Waals surface area contributed by atoms with Gasteiger partial charge in [-0.2, -0.15) is 0 Å². The Kier molecular flexibility index (Phi) is 7.67. The Morgan fingerprint density at radius 1 is 1.06 bits per heavy atom. The van der Waals surface area contributed by atoms with Crippen molar-refractivity contribution in [2.75, 3.05) is 23.7 Å². The van der Waals surface area contributed by atoms with Crippen LogP contribution in [0.5, 0.6) is 0 Å². The van der Waals surface area contributed by atoms with Crippen LogP contribution < -0.4 is 9.62 Å². The standard InChI is InChI=1S/C23H30FN3O3S/c1-18(27(31(2,29)30)22-9-5-4-8-21(22)24)23(28)25-16-19-10-12-20(13-11-19)17-26-14-6-3-7-15-26/h4-5,8-13,18H,3,6-7,14-17H2,1-2H3,(H,25,28)/t18-/m0/s1. The molecule has 1 amide bonds. The van der Waals surface area contributed by atoms with Crippen molar-refractivity contribution in [3.05, 3.63) is 65.5 Å². The van der Waals surface area contributed by atoms with Crippen molar-refractivity contribution in [3.63, 3.8) is 0 Å². The number of para-hydroxylation sites is 1. The number of hydrogen-bond donors (Lipinski definition) is 1. The van der Waals surface area contributed by atoms with Gasteiger partial charge in [-0.3, -0.25) is 14.0 Å². The molecule has 1 heterocycles. The molecule has 0 aromatic heterocycles. The molecule has 0 unspecified atom stereocenters. The Balaban J connectivity index is 1.61. The smallest absolute Gasteiger partial charge is 0.243 e. The summed E-state index contributed by atoms with van der Waals surface area (Å²) in [5.74, 6) is -1.19. The summed E-state index contributed by atoms with van der Waals surface area (Å²) >= 11 is 0. The third-order valence-corrected chi connectivity index (χ3v) is 6.75. The highest BCUT2D eigenvalue weighted by Gasteiger charge is 2.30. The van der Waals surface area contributed by atoms with Crippen molar-refractivity contribution in [1.29, 1.82) is 0 Å². The van der Waals surface area contributed by atoms with Crippen LogP contribution in [0, 0.1) is 5.82 Å². The van der Waals surface area contributed by atoms with Crippen molar-refractivity contribution in [2.24, 2.45) is 0 Å². The van der Waals surface area contributed by atoms with E-state index in [1.807, 2.05) is 12.1 Å². The molecule has 2 aromatic carbocycles. The molecule has 6 nitrogen and oxygen atoms in total. The van der Waals surface area contributed by atoms with E-state index in [4.69, 9.17) is 0 Å². The maximum atomic E-state index is 14.2. The molecule has 31 heavy (non-hydrogen) atoms. The Bertz CT molecular complexity index is 989. The number of nitrogens with one attached hydrogen (secondary N) is 1. The van der Waals surface area contributed by atoms with Crippen molar-refractivity contribution in [1.82, 2.24) is 10.2 Å². The van der Waals surface area contributed by atoms with Gasteiger partial charge in [0.15, 0.2) is 0 Å². The van der Waals surface area contributed by atoms with Crippen LogP contribution in [0.2, 0.25) is 0 Å². The average molecular weight is 448 g/mol. The molecule has 1 N–H and O–H groups in total. The van der Waals surface area contributed by atoms with Crippen LogP contribution in [0.25, 0.3) is 0 Å². The fourth-order valence-electron chi connectivity index (χ4n) is 3.89. The van der Waals surface area contributed by atoms with E-state index in [0.29, 0.717) is 0 Å². The molecule has 3 rings (SSSR count). The summed E-state index contributed by atoms with van der Waals surface area (Å²) in [4.78, 5) is 15.1. The summed E-state index contributed by atoms with van der Waals surface area (Å²) < 4.78 is 39.6. The van der Waals surface area contributed by atoms with Gasteiger partial charge >= 0.3 is 0 Å². The number of sulfonamides is 1. The van der Waals surface area contributed by atoms with E-state index >= 15 is 0 Å². The van der Waals surface area contributed by atoms with Gasteiger partial charge in [-0.05, 0) is 56.1 Å². The van der Waals surface area contributed by atoms with Gasteiger partial charge in [0.25, 0.3) is 0 Å². The van der Waals surface area contributed by atoms with Gasteiger partial charge < -0.3 is 5.32 Å². The molecule has 0 spiro atoms. The van der Waals surface area contributed by atoms with Gasteiger partial charge in [0.1, 0.15) is 11.9 Å². The molecule has 2 aromatic rings. The quantitative estimate of drug-likeness (QED) is 0.674. The van der Waals surface area contributed by atoms with E-state index in [1.165, 1.54) is 56.0 Å². The summed E-state index contributed by atoms with van der Waals surface area (Å²) in [6.45, 7) is 4.91. The minimum absolute atomic E-state index is 0.144. The number of carbonyl (C=O) groups is 1. The van der Waals surface area contributed by atoms with Gasteiger partial charge in [0.2, 0.25) is 15.9 Å². The second kappa shape index (κ2) is 10.2. The Labute approximate surface area is 184 Å². The number of halogens is 1. The molecule has 1 aliphatic heterocycles. The van der Waals surface area contributed by atoms with Crippen molar-refractivity contribution in [2.45, 2.75) is 45.3 Å². The van der Waals surface area contributed by atoms with Crippen molar-refractivity contribution < 1.29 is 17.6 Å². The minimum atomic E-state index is -3.86. The summed E-state index contributed by atoms with van der Waals surface area (Å²) in [6, 6.07) is 12.5. The first-order valence-corrected chi connectivity index (χ1v) is 12.4. The second-order valence-corrected chi connectivity index (χ2v) is 9.92. The van der Waals surface area contributed by atoms with Gasteiger partial charge in [0.05, 0.1) is 11.9 Å². The predicted octanol–water partition coefficient (Wildman–Crippen LogP) is 3.28. The first-order chi connectivity index (χ1) is 14.8. The molecule has 1 aliphatic rings. The van der Waals surface area contributed by atoms with Crippen LogP contribution in [-0.2, 0) is 27.9 Å². The number of carbonyl (C=O) groups excluding carboxylic acids is 1. The number of anilines is 1. The normalized spacial score (nSPS) is 16.0. The number of likely N-dealkylation sites (tertiary alicyclic amines) is 1. The lowest BCUT2D eigenvalue weighted by molar-refractivity contribution is -0.122. The van der Waals surface area contributed by atoms with Crippen LogP contribution in [-0.4, -0.2) is 44.6 Å². The topological polar surface area (TPSA) is 69.7 Å². The molecule has 0 bridgehead atoms. The molecule has 1 fully saturated rings. The van der Waals surface area contributed by atoms with E-state index in [9.17, 15) is 17.6 Å². The maximum Gasteiger partial charge on any atom is 0.243 e. The van der Waals surface area contributed by atoms with Crippen molar-refractivity contribution >= 4 is 21.6 Å². The van der Waals surface area contributed by atoms with Crippen molar-refractivity contribution in [3.8, 4) is 0 Å². The Hall–Kier alpha value is -2.45. The third-order valence-electron chi connectivity index (χ3n) is 5.52. The second-order valence-electron chi connectivity index (χ2n) is 8.06. The largest absolute Gasteiger partial charge is 0.350 e. The van der Waals surface area contributed by atoms with E-state index in [1.54, 1.807) is 0 Å². The number of piperidine rings is 1. The lowest BCUT2D eigenvalue weighted by Gasteiger charge is -2.28. The first kappa shape index (κ1) is 23.2. The highest BCUT2D eigenvalue weighted by atomic mass is 32.2. The molecule has 0 radical (unpaired) electrons. The fourth-order valence-corrected chi connectivity index (χ4v) is 5.06. The zero-order valence-corrected chi connectivity index (χ0v) is 18.9. The first-order valence-electron chi connectivity index (χ1n) is 10.6. The SMILES string of the molecule is C[C@@H](C(=O)NCc1ccc(CN2CCCCC2)cc1)N(c1ccccc1F)S(C)(=O)=O. The van der Waals surface area contributed by atoms with Gasteiger partial charge in [0, 0.05) is 13.1 Å². The molecule has 0 aliphatic carbocycles. The Morgan fingerprint density at radius 3 is 2.29 bits per heavy atom. The monoisotopic (exact) mass is 447 g/mol. The number of rotatable bonds is 8. The highest BCUT2D eigenvalue weighted by molar-refractivity contribution is 7.92. The highest BCUT2D eigenvalue weighted by Crippen LogP contribution is 2.24.